The minimum atomic E-state index is -0.392. The predicted molar refractivity (Wildman–Crippen MR) is 103 cm³/mol. The summed E-state index contributed by atoms with van der Waals surface area (Å²) in [6.07, 6.45) is 5.09. The van der Waals surface area contributed by atoms with Crippen LogP contribution in [0.4, 0.5) is 0 Å². The van der Waals surface area contributed by atoms with Crippen LogP contribution in [0.5, 0.6) is 0 Å². The number of nitrogens with zero attached hydrogens (tertiary/aromatic N) is 3. The lowest BCUT2D eigenvalue weighted by Gasteiger charge is -2.34. The second kappa shape index (κ2) is 8.35. The van der Waals surface area contributed by atoms with Gasteiger partial charge in [0.15, 0.2) is 0 Å². The van der Waals surface area contributed by atoms with Crippen molar-refractivity contribution in [3.8, 4) is 0 Å². The Hall–Kier alpha value is -2.67. The number of amides is 2. The number of piperidine rings is 1. The molecule has 1 aliphatic rings. The summed E-state index contributed by atoms with van der Waals surface area (Å²) >= 11 is 0. The molecule has 1 atom stereocenters. The molecule has 2 heterocycles. The third kappa shape index (κ3) is 4.36. The van der Waals surface area contributed by atoms with E-state index in [1.165, 1.54) is 0 Å². The fourth-order valence-electron chi connectivity index (χ4n) is 3.54. The van der Waals surface area contributed by atoms with Gasteiger partial charge in [-0.15, -0.1) is 0 Å². The number of aryl methyl sites for hydroxylation is 2. The lowest BCUT2D eigenvalue weighted by atomic mass is 10.0. The van der Waals surface area contributed by atoms with Crippen LogP contribution in [0.1, 0.15) is 40.4 Å². The average Bonchev–Trinajstić information content (AvgIpc) is 3.09. The van der Waals surface area contributed by atoms with E-state index in [2.05, 4.69) is 15.7 Å². The first-order valence-electron chi connectivity index (χ1n) is 9.30. The van der Waals surface area contributed by atoms with E-state index in [0.29, 0.717) is 18.7 Å². The minimum absolute atomic E-state index is 0.0404. The van der Waals surface area contributed by atoms with Crippen molar-refractivity contribution in [1.82, 2.24) is 25.3 Å². The summed E-state index contributed by atoms with van der Waals surface area (Å²) < 4.78 is 1.69. The number of hydrogen-bond donors (Lipinski definition) is 2. The van der Waals surface area contributed by atoms with E-state index in [1.807, 2.05) is 49.3 Å². The summed E-state index contributed by atoms with van der Waals surface area (Å²) in [5, 5.41) is 10.3. The molecule has 1 saturated heterocycles. The van der Waals surface area contributed by atoms with Crippen LogP contribution in [0.25, 0.3) is 0 Å². The van der Waals surface area contributed by atoms with Gasteiger partial charge in [-0.3, -0.25) is 14.3 Å². The van der Waals surface area contributed by atoms with Crippen molar-refractivity contribution >= 4 is 11.8 Å². The SMILES string of the molecule is CNC(C(=O)N1CCC(NC(=O)c2ccccc2C)CC1)c1cnn(C)c1. The van der Waals surface area contributed by atoms with Crippen molar-refractivity contribution in [2.75, 3.05) is 20.1 Å². The van der Waals surface area contributed by atoms with Gasteiger partial charge in [-0.1, -0.05) is 18.2 Å². The van der Waals surface area contributed by atoms with Crippen molar-refractivity contribution in [2.24, 2.45) is 7.05 Å². The summed E-state index contributed by atoms with van der Waals surface area (Å²) in [6.45, 7) is 3.21. The summed E-state index contributed by atoms with van der Waals surface area (Å²) in [6, 6.07) is 7.28. The van der Waals surface area contributed by atoms with Gasteiger partial charge in [-0.05, 0) is 38.4 Å². The van der Waals surface area contributed by atoms with Crippen molar-refractivity contribution in [2.45, 2.75) is 31.8 Å². The van der Waals surface area contributed by atoms with Crippen LogP contribution in [0.15, 0.2) is 36.7 Å². The van der Waals surface area contributed by atoms with Crippen LogP contribution in [-0.2, 0) is 11.8 Å². The monoisotopic (exact) mass is 369 g/mol. The molecule has 144 valence electrons. The summed E-state index contributed by atoms with van der Waals surface area (Å²) in [7, 11) is 3.62. The Kier molecular flexibility index (Phi) is 5.91. The van der Waals surface area contributed by atoms with Crippen molar-refractivity contribution < 1.29 is 9.59 Å². The Balaban J connectivity index is 1.56. The van der Waals surface area contributed by atoms with E-state index in [0.717, 1.165) is 24.0 Å². The van der Waals surface area contributed by atoms with Gasteiger partial charge in [0.2, 0.25) is 5.91 Å². The highest BCUT2D eigenvalue weighted by Gasteiger charge is 2.29. The zero-order valence-corrected chi connectivity index (χ0v) is 16.1. The van der Waals surface area contributed by atoms with Gasteiger partial charge in [0, 0.05) is 43.5 Å². The Labute approximate surface area is 159 Å². The molecule has 0 radical (unpaired) electrons. The number of carbonyl (C=O) groups excluding carboxylic acids is 2. The number of hydrogen-bond acceptors (Lipinski definition) is 4. The van der Waals surface area contributed by atoms with Crippen LogP contribution < -0.4 is 10.6 Å². The smallest absolute Gasteiger partial charge is 0.251 e. The molecule has 7 nitrogen and oxygen atoms in total. The van der Waals surface area contributed by atoms with Gasteiger partial charge >= 0.3 is 0 Å². The van der Waals surface area contributed by atoms with Crippen molar-refractivity contribution in [3.63, 3.8) is 0 Å². The summed E-state index contributed by atoms with van der Waals surface area (Å²) in [5.74, 6) is 0.00974. The zero-order valence-electron chi connectivity index (χ0n) is 16.1. The topological polar surface area (TPSA) is 79.3 Å². The van der Waals surface area contributed by atoms with E-state index in [1.54, 1.807) is 17.9 Å². The van der Waals surface area contributed by atoms with Gasteiger partial charge in [0.1, 0.15) is 6.04 Å². The molecule has 27 heavy (non-hydrogen) atoms. The number of benzene rings is 1. The van der Waals surface area contributed by atoms with Gasteiger partial charge < -0.3 is 15.5 Å². The molecule has 1 unspecified atom stereocenters. The van der Waals surface area contributed by atoms with Gasteiger partial charge in [0.25, 0.3) is 5.91 Å². The van der Waals surface area contributed by atoms with E-state index >= 15 is 0 Å². The molecule has 2 amide bonds. The maximum Gasteiger partial charge on any atom is 0.251 e. The highest BCUT2D eigenvalue weighted by atomic mass is 16.2. The molecular formula is C20H27N5O2. The Morgan fingerprint density at radius 3 is 2.52 bits per heavy atom. The molecule has 1 aromatic heterocycles. The van der Waals surface area contributed by atoms with E-state index in [9.17, 15) is 9.59 Å². The minimum Gasteiger partial charge on any atom is -0.349 e. The molecule has 3 rings (SSSR count). The number of aromatic nitrogens is 2. The van der Waals surface area contributed by atoms with Crippen LogP contribution in [-0.4, -0.2) is 52.7 Å². The lowest BCUT2D eigenvalue weighted by Crippen LogP contribution is -2.49. The summed E-state index contributed by atoms with van der Waals surface area (Å²) in [5.41, 5.74) is 2.54. The van der Waals surface area contributed by atoms with E-state index < -0.39 is 6.04 Å². The van der Waals surface area contributed by atoms with Crippen LogP contribution >= 0.6 is 0 Å². The molecule has 0 spiro atoms. The van der Waals surface area contributed by atoms with Gasteiger partial charge in [-0.25, -0.2) is 0 Å². The molecule has 1 aliphatic heterocycles. The Morgan fingerprint density at radius 2 is 1.93 bits per heavy atom. The number of likely N-dealkylation sites (tertiary alicyclic amines) is 1. The predicted octanol–water partition coefficient (Wildman–Crippen LogP) is 1.41. The highest BCUT2D eigenvalue weighted by Crippen LogP contribution is 2.19. The Morgan fingerprint density at radius 1 is 1.22 bits per heavy atom. The largest absolute Gasteiger partial charge is 0.349 e. The van der Waals surface area contributed by atoms with Crippen LogP contribution in [0.3, 0.4) is 0 Å². The van der Waals surface area contributed by atoms with Crippen molar-refractivity contribution in [1.29, 1.82) is 0 Å². The third-order valence-corrected chi connectivity index (χ3v) is 5.13. The van der Waals surface area contributed by atoms with Gasteiger partial charge in [-0.2, -0.15) is 5.10 Å². The molecule has 2 aromatic rings. The number of carbonyl (C=O) groups is 2. The normalized spacial score (nSPS) is 16.2. The second-order valence-corrected chi connectivity index (χ2v) is 7.06. The van der Waals surface area contributed by atoms with E-state index in [-0.39, 0.29) is 17.9 Å². The van der Waals surface area contributed by atoms with Gasteiger partial charge in [0.05, 0.1) is 6.20 Å². The fraction of sp³-hybridized carbons (Fsp3) is 0.450. The average molecular weight is 369 g/mol. The first-order valence-corrected chi connectivity index (χ1v) is 9.30. The molecule has 0 saturated carbocycles. The molecule has 0 bridgehead atoms. The number of rotatable bonds is 5. The van der Waals surface area contributed by atoms with Crippen molar-refractivity contribution in [3.05, 3.63) is 53.3 Å². The Bertz CT molecular complexity index is 808. The highest BCUT2D eigenvalue weighted by molar-refractivity contribution is 5.95. The molecule has 1 aromatic carbocycles. The second-order valence-electron chi connectivity index (χ2n) is 7.06. The maximum atomic E-state index is 12.9. The number of likely N-dealkylation sites (N-methyl/N-ethyl adjacent to an activating group) is 1. The fourth-order valence-corrected chi connectivity index (χ4v) is 3.54. The van der Waals surface area contributed by atoms with Crippen LogP contribution in [0, 0.1) is 6.92 Å². The zero-order chi connectivity index (χ0) is 19.4. The molecular weight excluding hydrogens is 342 g/mol. The molecule has 1 fully saturated rings. The first-order chi connectivity index (χ1) is 13.0. The molecule has 2 N–H and O–H groups in total. The lowest BCUT2D eigenvalue weighted by molar-refractivity contribution is -0.134. The maximum absolute atomic E-state index is 12.9. The standard InChI is InChI=1S/C20H27N5O2/c1-14-6-4-5-7-17(14)19(26)23-16-8-10-25(11-9-16)20(27)18(21-2)15-12-22-24(3)13-15/h4-7,12-13,16,18,21H,8-11H2,1-3H3,(H,23,26). The van der Waals surface area contributed by atoms with Crippen LogP contribution in [0.2, 0.25) is 0 Å². The third-order valence-electron chi connectivity index (χ3n) is 5.13. The number of nitrogens with one attached hydrogen (secondary N) is 2. The molecule has 0 aliphatic carbocycles. The first kappa shape index (κ1) is 19.1. The van der Waals surface area contributed by atoms with E-state index in [4.69, 9.17) is 0 Å². The quantitative estimate of drug-likeness (QED) is 0.835. The molecule has 7 heteroatoms. The summed E-state index contributed by atoms with van der Waals surface area (Å²) in [4.78, 5) is 27.2.